The van der Waals surface area contributed by atoms with Crippen molar-refractivity contribution in [3.8, 4) is 5.75 Å². The Morgan fingerprint density at radius 1 is 1.25 bits per heavy atom. The van der Waals surface area contributed by atoms with Crippen LogP contribution in [0.2, 0.25) is 0 Å². The fourth-order valence-corrected chi connectivity index (χ4v) is 1.98. The van der Waals surface area contributed by atoms with Gasteiger partial charge in [-0.05, 0) is 31.9 Å². The van der Waals surface area contributed by atoms with E-state index >= 15 is 0 Å². The second-order valence-corrected chi connectivity index (χ2v) is 6.87. The second-order valence-electron chi connectivity index (χ2n) is 5.29. The summed E-state index contributed by atoms with van der Waals surface area (Å²) in [6, 6.07) is 4.78. The summed E-state index contributed by atoms with van der Waals surface area (Å²) in [5.74, 6) is -0.0110. The Bertz CT molecular complexity index is 593. The molecular formula is C14H21NO4S. The molecule has 1 rings (SSSR count). The predicted octanol–water partition coefficient (Wildman–Crippen LogP) is 2.11. The van der Waals surface area contributed by atoms with Gasteiger partial charge in [0.15, 0.2) is 5.75 Å². The lowest BCUT2D eigenvalue weighted by Crippen LogP contribution is -2.36. The first-order chi connectivity index (χ1) is 9.10. The van der Waals surface area contributed by atoms with Gasteiger partial charge >= 0.3 is 10.1 Å². The van der Waals surface area contributed by atoms with Gasteiger partial charge in [0.25, 0.3) is 5.91 Å². The van der Waals surface area contributed by atoms with Crippen LogP contribution in [0.4, 0.5) is 0 Å². The summed E-state index contributed by atoms with van der Waals surface area (Å²) in [6.07, 6.45) is 0.950. The molecule has 0 aliphatic rings. The maximum Gasteiger partial charge on any atom is 0.306 e. The minimum absolute atomic E-state index is 0.0194. The number of carbonyl (C=O) groups excluding carboxylic acids is 1. The molecule has 0 bridgehead atoms. The lowest BCUT2D eigenvalue weighted by molar-refractivity contribution is 0.0929. The second kappa shape index (κ2) is 6.26. The zero-order chi connectivity index (χ0) is 15.5. The molecule has 6 heteroatoms. The molecule has 0 heterocycles. The first kappa shape index (κ1) is 16.5. The van der Waals surface area contributed by atoms with E-state index in [1.807, 2.05) is 27.7 Å². The summed E-state index contributed by atoms with van der Waals surface area (Å²) in [4.78, 5) is 12.2. The van der Waals surface area contributed by atoms with Crippen LogP contribution < -0.4 is 9.50 Å². The number of nitrogens with one attached hydrogen (secondary N) is 1. The van der Waals surface area contributed by atoms with Crippen LogP contribution in [0.25, 0.3) is 0 Å². The molecule has 0 aliphatic heterocycles. The minimum Gasteiger partial charge on any atom is -0.382 e. The van der Waals surface area contributed by atoms with E-state index in [4.69, 9.17) is 4.18 Å². The average Bonchev–Trinajstić information content (AvgIpc) is 2.29. The third kappa shape index (κ3) is 4.85. The van der Waals surface area contributed by atoms with E-state index in [0.29, 0.717) is 0 Å². The van der Waals surface area contributed by atoms with Crippen molar-refractivity contribution in [1.82, 2.24) is 5.32 Å². The van der Waals surface area contributed by atoms with Crippen molar-refractivity contribution in [2.45, 2.75) is 33.7 Å². The van der Waals surface area contributed by atoms with E-state index in [0.717, 1.165) is 11.8 Å². The van der Waals surface area contributed by atoms with Gasteiger partial charge in [0.1, 0.15) is 0 Å². The number of hydrogen-bond acceptors (Lipinski definition) is 4. The van der Waals surface area contributed by atoms with Gasteiger partial charge in [-0.2, -0.15) is 8.42 Å². The van der Waals surface area contributed by atoms with Gasteiger partial charge < -0.3 is 9.50 Å². The largest absolute Gasteiger partial charge is 0.382 e. The number of amides is 1. The Morgan fingerprint density at radius 3 is 2.35 bits per heavy atom. The molecule has 1 aromatic rings. The molecular weight excluding hydrogens is 278 g/mol. The molecule has 112 valence electrons. The topological polar surface area (TPSA) is 72.5 Å². The standard InChI is InChI=1S/C14H21NO4S/c1-9(2)11(4)15-14(16)12-8-10(3)6-7-13(12)19-20(5,17)18/h6-9,11H,1-5H3,(H,15,16)/t11-/m1/s1. The highest BCUT2D eigenvalue weighted by Crippen LogP contribution is 2.22. The molecule has 0 fully saturated rings. The van der Waals surface area contributed by atoms with Crippen molar-refractivity contribution in [3.63, 3.8) is 0 Å². The molecule has 0 unspecified atom stereocenters. The molecule has 0 saturated carbocycles. The van der Waals surface area contributed by atoms with Crippen LogP contribution in [0.5, 0.6) is 5.75 Å². The molecule has 0 aliphatic carbocycles. The van der Waals surface area contributed by atoms with E-state index in [1.165, 1.54) is 6.07 Å². The van der Waals surface area contributed by atoms with E-state index in [2.05, 4.69) is 5.32 Å². The fraction of sp³-hybridized carbons (Fsp3) is 0.500. The van der Waals surface area contributed by atoms with Crippen molar-refractivity contribution in [1.29, 1.82) is 0 Å². The van der Waals surface area contributed by atoms with Gasteiger partial charge in [-0.25, -0.2) is 0 Å². The maximum atomic E-state index is 12.2. The molecule has 0 saturated heterocycles. The first-order valence-electron chi connectivity index (χ1n) is 6.41. The Kier molecular flexibility index (Phi) is 5.16. The van der Waals surface area contributed by atoms with Crippen molar-refractivity contribution >= 4 is 16.0 Å². The van der Waals surface area contributed by atoms with Crippen molar-refractivity contribution in [2.75, 3.05) is 6.26 Å². The first-order valence-corrected chi connectivity index (χ1v) is 8.23. The zero-order valence-electron chi connectivity index (χ0n) is 12.4. The average molecular weight is 299 g/mol. The van der Waals surface area contributed by atoms with E-state index in [9.17, 15) is 13.2 Å². The number of carbonyl (C=O) groups is 1. The number of hydrogen-bond donors (Lipinski definition) is 1. The Balaban J connectivity index is 3.09. The zero-order valence-corrected chi connectivity index (χ0v) is 13.2. The minimum atomic E-state index is -3.67. The molecule has 0 aromatic heterocycles. The van der Waals surface area contributed by atoms with Gasteiger partial charge in [-0.3, -0.25) is 4.79 Å². The lowest BCUT2D eigenvalue weighted by atomic mass is 10.0. The Morgan fingerprint density at radius 2 is 1.85 bits per heavy atom. The van der Waals surface area contributed by atoms with Crippen molar-refractivity contribution in [2.24, 2.45) is 5.92 Å². The Hall–Kier alpha value is -1.56. The van der Waals surface area contributed by atoms with Crippen LogP contribution in [0.3, 0.4) is 0 Å². The van der Waals surface area contributed by atoms with E-state index in [1.54, 1.807) is 12.1 Å². The summed E-state index contributed by atoms with van der Waals surface area (Å²) < 4.78 is 27.3. The summed E-state index contributed by atoms with van der Waals surface area (Å²) in [5, 5.41) is 2.84. The number of benzene rings is 1. The van der Waals surface area contributed by atoms with Gasteiger partial charge in [-0.1, -0.05) is 25.5 Å². The van der Waals surface area contributed by atoms with Crippen LogP contribution in [0.15, 0.2) is 18.2 Å². The summed E-state index contributed by atoms with van der Waals surface area (Å²) >= 11 is 0. The van der Waals surface area contributed by atoms with Crippen molar-refractivity contribution in [3.05, 3.63) is 29.3 Å². The molecule has 1 aromatic carbocycles. The molecule has 1 amide bonds. The normalized spacial score (nSPS) is 13.1. The van der Waals surface area contributed by atoms with E-state index in [-0.39, 0.29) is 29.2 Å². The smallest absolute Gasteiger partial charge is 0.306 e. The highest BCUT2D eigenvalue weighted by Gasteiger charge is 2.19. The highest BCUT2D eigenvalue weighted by atomic mass is 32.2. The van der Waals surface area contributed by atoms with Gasteiger partial charge in [-0.15, -0.1) is 0 Å². The molecule has 0 spiro atoms. The van der Waals surface area contributed by atoms with Crippen LogP contribution in [-0.4, -0.2) is 26.6 Å². The number of rotatable bonds is 5. The molecule has 20 heavy (non-hydrogen) atoms. The predicted molar refractivity (Wildman–Crippen MR) is 78.4 cm³/mol. The quantitative estimate of drug-likeness (QED) is 0.845. The molecule has 5 nitrogen and oxygen atoms in total. The summed E-state index contributed by atoms with van der Waals surface area (Å²) in [6.45, 7) is 7.71. The summed E-state index contributed by atoms with van der Waals surface area (Å²) in [7, 11) is -3.67. The third-order valence-corrected chi connectivity index (χ3v) is 3.46. The maximum absolute atomic E-state index is 12.2. The molecule has 0 radical (unpaired) electrons. The fourth-order valence-electron chi connectivity index (χ4n) is 1.51. The van der Waals surface area contributed by atoms with E-state index < -0.39 is 10.1 Å². The third-order valence-electron chi connectivity index (χ3n) is 2.98. The van der Waals surface area contributed by atoms with Crippen LogP contribution >= 0.6 is 0 Å². The van der Waals surface area contributed by atoms with Gasteiger partial charge in [0.05, 0.1) is 11.8 Å². The van der Waals surface area contributed by atoms with Gasteiger partial charge in [0.2, 0.25) is 0 Å². The molecule has 1 atom stereocenters. The van der Waals surface area contributed by atoms with Crippen LogP contribution in [0.1, 0.15) is 36.7 Å². The Labute approximate surface area is 120 Å². The monoisotopic (exact) mass is 299 g/mol. The lowest BCUT2D eigenvalue weighted by Gasteiger charge is -2.18. The number of aryl methyl sites for hydroxylation is 1. The van der Waals surface area contributed by atoms with Crippen LogP contribution in [-0.2, 0) is 10.1 Å². The van der Waals surface area contributed by atoms with Gasteiger partial charge in [0, 0.05) is 6.04 Å². The summed E-state index contributed by atoms with van der Waals surface area (Å²) in [5.41, 5.74) is 1.08. The van der Waals surface area contributed by atoms with Crippen molar-refractivity contribution < 1.29 is 17.4 Å². The van der Waals surface area contributed by atoms with Crippen LogP contribution in [0, 0.1) is 12.8 Å². The molecule has 1 N–H and O–H groups in total. The highest BCUT2D eigenvalue weighted by molar-refractivity contribution is 7.86. The SMILES string of the molecule is Cc1ccc(OS(C)(=O)=O)c(C(=O)N[C@H](C)C(C)C)c1.